The second-order valence-electron chi connectivity index (χ2n) is 12.4. The molecule has 0 aromatic heterocycles. The molecule has 172 valence electrons. The van der Waals surface area contributed by atoms with Crippen LogP contribution in [0.1, 0.15) is 99.3 Å². The van der Waals surface area contributed by atoms with Crippen molar-refractivity contribution in [2.75, 3.05) is 0 Å². The molecule has 0 bridgehead atoms. The molecular formula is C29H44O2. The zero-order chi connectivity index (χ0) is 22.7. The zero-order valence-corrected chi connectivity index (χ0v) is 20.9. The summed E-state index contributed by atoms with van der Waals surface area (Å²) in [5.74, 6) is 3.71. The van der Waals surface area contributed by atoms with Crippen LogP contribution in [0.3, 0.4) is 0 Å². The van der Waals surface area contributed by atoms with Crippen molar-refractivity contribution in [2.24, 2.45) is 46.3 Å². The molecule has 7 atom stereocenters. The second kappa shape index (κ2) is 7.99. The average Bonchev–Trinajstić information content (AvgIpc) is 3.05. The summed E-state index contributed by atoms with van der Waals surface area (Å²) in [5.41, 5.74) is 4.11. The molecule has 0 aromatic carbocycles. The van der Waals surface area contributed by atoms with E-state index in [0.29, 0.717) is 47.6 Å². The van der Waals surface area contributed by atoms with E-state index in [-0.39, 0.29) is 16.7 Å². The van der Waals surface area contributed by atoms with Crippen molar-refractivity contribution in [1.82, 2.24) is 0 Å². The Bertz CT molecular complexity index is 817. The fourth-order valence-electron chi connectivity index (χ4n) is 8.46. The highest BCUT2D eigenvalue weighted by Crippen LogP contribution is 2.65. The number of Topliss-reactive ketones (excluding diaryl/α,β-unsaturated/α-hetero) is 2. The molecule has 2 saturated carbocycles. The van der Waals surface area contributed by atoms with Gasteiger partial charge in [0.15, 0.2) is 5.78 Å². The van der Waals surface area contributed by atoms with Gasteiger partial charge in [-0.1, -0.05) is 59.3 Å². The van der Waals surface area contributed by atoms with Crippen molar-refractivity contribution >= 4 is 11.6 Å². The highest BCUT2D eigenvalue weighted by molar-refractivity contribution is 6.00. The molecule has 0 aromatic rings. The summed E-state index contributed by atoms with van der Waals surface area (Å²) < 4.78 is 0. The molecular weight excluding hydrogens is 380 g/mol. The Kier molecular flexibility index (Phi) is 5.93. The third-order valence-corrected chi connectivity index (χ3v) is 10.5. The molecule has 2 fully saturated rings. The Morgan fingerprint density at radius 2 is 1.81 bits per heavy atom. The van der Waals surface area contributed by atoms with Gasteiger partial charge in [0.25, 0.3) is 0 Å². The van der Waals surface area contributed by atoms with Crippen molar-refractivity contribution in [3.8, 4) is 0 Å². The SMILES string of the molecule is C=C(CC[C@@H](C)[C@H]1CC[C@H]2C3=C(C(=O)C[C@]12C)[C@@]1(C)CCC(=O)C(C)[C@@H]1CC3)C(C)C. The lowest BCUT2D eigenvalue weighted by molar-refractivity contribution is -0.133. The van der Waals surface area contributed by atoms with Crippen LogP contribution in [-0.4, -0.2) is 11.6 Å². The Hall–Kier alpha value is -1.18. The van der Waals surface area contributed by atoms with Crippen molar-refractivity contribution in [3.05, 3.63) is 23.3 Å². The largest absolute Gasteiger partial charge is 0.299 e. The highest BCUT2D eigenvalue weighted by Gasteiger charge is 2.59. The summed E-state index contributed by atoms with van der Waals surface area (Å²) in [6, 6.07) is 0. The van der Waals surface area contributed by atoms with Crippen LogP contribution >= 0.6 is 0 Å². The van der Waals surface area contributed by atoms with E-state index in [1.807, 2.05) is 0 Å². The third kappa shape index (κ3) is 3.51. The summed E-state index contributed by atoms with van der Waals surface area (Å²) in [7, 11) is 0. The maximum atomic E-state index is 13.8. The molecule has 0 saturated heterocycles. The fraction of sp³-hybridized carbons (Fsp3) is 0.793. The first-order chi connectivity index (χ1) is 14.5. The molecule has 0 amide bonds. The smallest absolute Gasteiger partial charge is 0.159 e. The van der Waals surface area contributed by atoms with Gasteiger partial charge in [-0.25, -0.2) is 0 Å². The molecule has 31 heavy (non-hydrogen) atoms. The number of hydrogen-bond donors (Lipinski definition) is 0. The number of fused-ring (bicyclic) bond motifs is 4. The Morgan fingerprint density at radius 1 is 1.10 bits per heavy atom. The topological polar surface area (TPSA) is 34.1 Å². The molecule has 2 nitrogen and oxygen atoms in total. The summed E-state index contributed by atoms with van der Waals surface area (Å²) >= 11 is 0. The molecule has 4 aliphatic carbocycles. The molecule has 0 heterocycles. The number of rotatable bonds is 5. The second-order valence-corrected chi connectivity index (χ2v) is 12.4. The van der Waals surface area contributed by atoms with E-state index in [1.165, 1.54) is 36.0 Å². The number of carbonyl (C=O) groups is 2. The van der Waals surface area contributed by atoms with Crippen LogP contribution in [0.15, 0.2) is 23.3 Å². The van der Waals surface area contributed by atoms with E-state index in [0.717, 1.165) is 32.1 Å². The van der Waals surface area contributed by atoms with Crippen LogP contribution in [0.4, 0.5) is 0 Å². The predicted molar refractivity (Wildman–Crippen MR) is 128 cm³/mol. The fourth-order valence-corrected chi connectivity index (χ4v) is 8.46. The van der Waals surface area contributed by atoms with Gasteiger partial charge >= 0.3 is 0 Å². The Labute approximate surface area is 190 Å². The summed E-state index contributed by atoms with van der Waals surface area (Å²) in [6.45, 7) is 18.1. The van der Waals surface area contributed by atoms with Gasteiger partial charge in [-0.05, 0) is 85.4 Å². The van der Waals surface area contributed by atoms with Gasteiger partial charge in [0.05, 0.1) is 0 Å². The van der Waals surface area contributed by atoms with Crippen LogP contribution in [0.2, 0.25) is 0 Å². The van der Waals surface area contributed by atoms with Gasteiger partial charge < -0.3 is 0 Å². The summed E-state index contributed by atoms with van der Waals surface area (Å²) in [6.07, 6.45) is 9.22. The Balaban J connectivity index is 1.61. The van der Waals surface area contributed by atoms with Gasteiger partial charge in [-0.2, -0.15) is 0 Å². The quantitative estimate of drug-likeness (QED) is 0.433. The van der Waals surface area contributed by atoms with Gasteiger partial charge in [0.1, 0.15) is 5.78 Å². The minimum absolute atomic E-state index is 0.0714. The van der Waals surface area contributed by atoms with Gasteiger partial charge in [-0.15, -0.1) is 0 Å². The molecule has 1 unspecified atom stereocenters. The molecule has 4 rings (SSSR count). The van der Waals surface area contributed by atoms with E-state index < -0.39 is 0 Å². The first kappa shape index (κ1) is 23.0. The van der Waals surface area contributed by atoms with E-state index in [4.69, 9.17) is 0 Å². The van der Waals surface area contributed by atoms with Crippen LogP contribution in [0, 0.1) is 46.3 Å². The third-order valence-electron chi connectivity index (χ3n) is 10.5. The lowest BCUT2D eigenvalue weighted by atomic mass is 9.48. The minimum Gasteiger partial charge on any atom is -0.299 e. The minimum atomic E-state index is -0.0714. The normalized spacial score (nSPS) is 41.1. The standard InChI is InChI=1S/C29H44O2/c1-17(2)18(3)8-9-19(4)22-12-13-24-21-10-11-23-20(5)25(30)14-15-28(23,6)27(21)26(31)16-29(22,24)7/h17,19-20,22-24H,3,8-16H2,1-2,4-7H3/t19-,20?,22-,23+,24+,28+,29-/m1/s1. The predicted octanol–water partition coefficient (Wildman–Crippen LogP) is 7.33. The first-order valence-corrected chi connectivity index (χ1v) is 13.0. The number of allylic oxidation sites excluding steroid dienone is 3. The first-order valence-electron chi connectivity index (χ1n) is 13.0. The molecule has 0 radical (unpaired) electrons. The van der Waals surface area contributed by atoms with Crippen molar-refractivity contribution in [3.63, 3.8) is 0 Å². The maximum absolute atomic E-state index is 13.8. The van der Waals surface area contributed by atoms with E-state index in [1.54, 1.807) is 0 Å². The zero-order valence-electron chi connectivity index (χ0n) is 20.9. The van der Waals surface area contributed by atoms with Gasteiger partial charge in [0.2, 0.25) is 0 Å². The van der Waals surface area contributed by atoms with Gasteiger partial charge in [0, 0.05) is 24.3 Å². The average molecular weight is 425 g/mol. The van der Waals surface area contributed by atoms with Crippen molar-refractivity contribution in [2.45, 2.75) is 99.3 Å². The van der Waals surface area contributed by atoms with E-state index in [9.17, 15) is 9.59 Å². The van der Waals surface area contributed by atoms with Crippen LogP contribution < -0.4 is 0 Å². The number of hydrogen-bond acceptors (Lipinski definition) is 2. The van der Waals surface area contributed by atoms with Crippen LogP contribution in [-0.2, 0) is 9.59 Å². The molecule has 0 aliphatic heterocycles. The number of carbonyl (C=O) groups excluding carboxylic acids is 2. The molecule has 0 N–H and O–H groups in total. The van der Waals surface area contributed by atoms with Crippen molar-refractivity contribution in [1.29, 1.82) is 0 Å². The lowest BCUT2D eigenvalue weighted by Gasteiger charge is -2.54. The van der Waals surface area contributed by atoms with Crippen molar-refractivity contribution < 1.29 is 9.59 Å². The monoisotopic (exact) mass is 424 g/mol. The van der Waals surface area contributed by atoms with Crippen LogP contribution in [0.25, 0.3) is 0 Å². The lowest BCUT2D eigenvalue weighted by Crippen LogP contribution is -2.50. The van der Waals surface area contributed by atoms with Crippen LogP contribution in [0.5, 0.6) is 0 Å². The summed E-state index contributed by atoms with van der Waals surface area (Å²) in [4.78, 5) is 26.2. The molecule has 4 aliphatic rings. The molecule has 2 heteroatoms. The Morgan fingerprint density at radius 3 is 2.48 bits per heavy atom. The summed E-state index contributed by atoms with van der Waals surface area (Å²) in [5, 5.41) is 0. The molecule has 0 spiro atoms. The maximum Gasteiger partial charge on any atom is 0.159 e. The van der Waals surface area contributed by atoms with Gasteiger partial charge in [-0.3, -0.25) is 9.59 Å². The number of ketones is 2. The van der Waals surface area contributed by atoms with E-state index >= 15 is 0 Å². The highest BCUT2D eigenvalue weighted by atomic mass is 16.1. The van der Waals surface area contributed by atoms with E-state index in [2.05, 4.69) is 48.1 Å².